The monoisotopic (exact) mass is 355 g/mol. The molecule has 0 aliphatic heterocycles. The van der Waals surface area contributed by atoms with E-state index in [9.17, 15) is 9.59 Å². The van der Waals surface area contributed by atoms with E-state index < -0.39 is 12.1 Å². The van der Waals surface area contributed by atoms with Gasteiger partial charge in [0.1, 0.15) is 11.5 Å². The Bertz CT molecular complexity index is 903. The molecule has 9 nitrogen and oxygen atoms in total. The van der Waals surface area contributed by atoms with Crippen LogP contribution in [0, 0.1) is 13.8 Å². The van der Waals surface area contributed by atoms with Crippen LogP contribution in [0.3, 0.4) is 0 Å². The lowest BCUT2D eigenvalue weighted by atomic mass is 10.2. The number of carbonyl (C=O) groups excluding carboxylic acids is 2. The number of rotatable bonds is 4. The first-order valence-electron chi connectivity index (χ1n) is 7.82. The summed E-state index contributed by atoms with van der Waals surface area (Å²) in [6.45, 7) is 3.60. The smallest absolute Gasteiger partial charge is 0.337 e. The molecule has 3 rings (SSSR count). The Morgan fingerprint density at radius 1 is 1.00 bits per heavy atom. The Labute approximate surface area is 148 Å². The lowest BCUT2D eigenvalue weighted by Crippen LogP contribution is -2.46. The second kappa shape index (κ2) is 7.51. The summed E-state index contributed by atoms with van der Waals surface area (Å²) in [4.78, 5) is 26.0. The first-order valence-corrected chi connectivity index (χ1v) is 7.82. The van der Waals surface area contributed by atoms with Gasteiger partial charge >= 0.3 is 12.1 Å². The number of hydrogen-bond donors (Lipinski definition) is 2. The molecule has 2 aromatic heterocycles. The Morgan fingerprint density at radius 3 is 2.31 bits per heavy atom. The van der Waals surface area contributed by atoms with Gasteiger partial charge < -0.3 is 14.4 Å². The number of aryl methyl sites for hydroxylation is 2. The molecule has 0 unspecified atom stereocenters. The first kappa shape index (κ1) is 17.2. The second-order valence-electron chi connectivity index (χ2n) is 5.53. The van der Waals surface area contributed by atoms with E-state index in [-0.39, 0.29) is 18.2 Å². The fourth-order valence-corrected chi connectivity index (χ4v) is 2.20. The van der Waals surface area contributed by atoms with Crippen molar-refractivity contribution in [1.82, 2.24) is 15.6 Å². The minimum absolute atomic E-state index is 0.0609. The van der Waals surface area contributed by atoms with Gasteiger partial charge in [0.15, 0.2) is 11.6 Å². The third-order valence-corrected chi connectivity index (χ3v) is 3.40. The molecule has 26 heavy (non-hydrogen) atoms. The fraction of sp³-hybridized carbons (Fsp3) is 0.176. The van der Waals surface area contributed by atoms with E-state index in [1.807, 2.05) is 30.3 Å². The molecule has 0 bridgehead atoms. The average molecular weight is 355 g/mol. The molecule has 134 valence electrons. The largest absolute Gasteiger partial charge is 0.360 e. The standard InChI is InChI=1S/C17H17N5O4/c1-11-8-14(20-25-11)19-17(24)22(15-9-12(2)26-21-15)16(23)18-10-13-6-4-3-5-7-13/h3-9H,10H2,1-2H3,(H,18,23)(H,19,20,24). The maximum atomic E-state index is 12.6. The molecule has 0 aliphatic rings. The van der Waals surface area contributed by atoms with Crippen LogP contribution in [0.4, 0.5) is 21.2 Å². The normalized spacial score (nSPS) is 10.4. The third-order valence-electron chi connectivity index (χ3n) is 3.40. The third kappa shape index (κ3) is 4.07. The van der Waals surface area contributed by atoms with Crippen molar-refractivity contribution in [2.24, 2.45) is 0 Å². The van der Waals surface area contributed by atoms with Crippen LogP contribution < -0.4 is 15.5 Å². The summed E-state index contributed by atoms with van der Waals surface area (Å²) in [6.07, 6.45) is 0. The molecule has 0 atom stereocenters. The zero-order valence-electron chi connectivity index (χ0n) is 14.2. The van der Waals surface area contributed by atoms with Crippen LogP contribution >= 0.6 is 0 Å². The van der Waals surface area contributed by atoms with E-state index in [2.05, 4.69) is 20.9 Å². The van der Waals surface area contributed by atoms with Crippen molar-refractivity contribution in [3.8, 4) is 0 Å². The van der Waals surface area contributed by atoms with Crippen molar-refractivity contribution in [3.63, 3.8) is 0 Å². The maximum Gasteiger partial charge on any atom is 0.337 e. The number of amides is 4. The van der Waals surface area contributed by atoms with E-state index in [4.69, 9.17) is 9.05 Å². The van der Waals surface area contributed by atoms with Gasteiger partial charge in [0.05, 0.1) is 0 Å². The number of imide groups is 1. The van der Waals surface area contributed by atoms with Crippen molar-refractivity contribution in [2.45, 2.75) is 20.4 Å². The zero-order chi connectivity index (χ0) is 18.5. The molecule has 0 aliphatic carbocycles. The highest BCUT2D eigenvalue weighted by atomic mass is 16.5. The molecule has 2 heterocycles. The van der Waals surface area contributed by atoms with Gasteiger partial charge in [0.25, 0.3) is 0 Å². The van der Waals surface area contributed by atoms with Gasteiger partial charge in [-0.1, -0.05) is 40.6 Å². The first-order chi connectivity index (χ1) is 12.5. The molecular formula is C17H17N5O4. The summed E-state index contributed by atoms with van der Waals surface area (Å²) >= 11 is 0. The van der Waals surface area contributed by atoms with Gasteiger partial charge in [0, 0.05) is 18.7 Å². The van der Waals surface area contributed by atoms with Crippen LogP contribution in [0.2, 0.25) is 0 Å². The van der Waals surface area contributed by atoms with Crippen LogP contribution in [0.5, 0.6) is 0 Å². The SMILES string of the molecule is Cc1cc(NC(=O)N(C(=O)NCc2ccccc2)c2cc(C)on2)no1. The van der Waals surface area contributed by atoms with E-state index in [1.165, 1.54) is 12.1 Å². The van der Waals surface area contributed by atoms with Crippen LogP contribution in [0.15, 0.2) is 51.5 Å². The van der Waals surface area contributed by atoms with Gasteiger partial charge in [-0.05, 0) is 19.4 Å². The van der Waals surface area contributed by atoms with Crippen molar-refractivity contribution in [1.29, 1.82) is 0 Å². The number of benzene rings is 1. The van der Waals surface area contributed by atoms with Gasteiger partial charge in [-0.2, -0.15) is 4.90 Å². The predicted molar refractivity (Wildman–Crippen MR) is 92.7 cm³/mol. The molecule has 0 saturated carbocycles. The summed E-state index contributed by atoms with van der Waals surface area (Å²) in [7, 11) is 0. The van der Waals surface area contributed by atoms with Gasteiger partial charge in [-0.25, -0.2) is 9.59 Å². The molecular weight excluding hydrogens is 338 g/mol. The van der Waals surface area contributed by atoms with E-state index in [0.29, 0.717) is 11.5 Å². The molecule has 0 radical (unpaired) electrons. The Balaban J connectivity index is 1.76. The molecule has 9 heteroatoms. The number of urea groups is 2. The highest BCUT2D eigenvalue weighted by molar-refractivity contribution is 6.17. The average Bonchev–Trinajstić information content (AvgIpc) is 3.22. The Morgan fingerprint density at radius 2 is 1.69 bits per heavy atom. The van der Waals surface area contributed by atoms with Crippen LogP contribution in [0.25, 0.3) is 0 Å². The quantitative estimate of drug-likeness (QED) is 0.743. The van der Waals surface area contributed by atoms with Crippen molar-refractivity contribution in [3.05, 3.63) is 59.5 Å². The molecule has 3 aromatic rings. The number of anilines is 2. The number of carbonyl (C=O) groups is 2. The van der Waals surface area contributed by atoms with Crippen molar-refractivity contribution in [2.75, 3.05) is 10.2 Å². The molecule has 0 saturated heterocycles. The topological polar surface area (TPSA) is 114 Å². The van der Waals surface area contributed by atoms with E-state index in [1.54, 1.807) is 13.8 Å². The zero-order valence-corrected chi connectivity index (χ0v) is 14.2. The molecule has 0 spiro atoms. The number of nitrogens with zero attached hydrogens (tertiary/aromatic N) is 3. The van der Waals surface area contributed by atoms with Gasteiger partial charge in [0.2, 0.25) is 0 Å². The van der Waals surface area contributed by atoms with Crippen LogP contribution in [0.1, 0.15) is 17.1 Å². The van der Waals surface area contributed by atoms with Crippen molar-refractivity contribution >= 4 is 23.7 Å². The van der Waals surface area contributed by atoms with E-state index in [0.717, 1.165) is 10.5 Å². The number of hydrogen-bond acceptors (Lipinski definition) is 6. The predicted octanol–water partition coefficient (Wildman–Crippen LogP) is 3.23. The van der Waals surface area contributed by atoms with E-state index >= 15 is 0 Å². The molecule has 4 amide bonds. The fourth-order valence-electron chi connectivity index (χ4n) is 2.20. The Kier molecular flexibility index (Phi) is 4.97. The lowest BCUT2D eigenvalue weighted by Gasteiger charge is -2.18. The summed E-state index contributed by atoms with van der Waals surface area (Å²) in [5.41, 5.74) is 0.893. The highest BCUT2D eigenvalue weighted by Crippen LogP contribution is 2.17. The summed E-state index contributed by atoms with van der Waals surface area (Å²) in [5, 5.41) is 12.6. The summed E-state index contributed by atoms with van der Waals surface area (Å²) < 4.78 is 9.88. The van der Waals surface area contributed by atoms with Crippen molar-refractivity contribution < 1.29 is 18.6 Å². The minimum Gasteiger partial charge on any atom is -0.360 e. The van der Waals surface area contributed by atoms with Crippen LogP contribution in [-0.2, 0) is 6.54 Å². The molecule has 0 fully saturated rings. The number of aromatic nitrogens is 2. The summed E-state index contributed by atoms with van der Waals surface area (Å²) in [6, 6.07) is 11.0. The lowest BCUT2D eigenvalue weighted by molar-refractivity contribution is 0.238. The molecule has 1 aromatic carbocycles. The second-order valence-corrected chi connectivity index (χ2v) is 5.53. The summed E-state index contributed by atoms with van der Waals surface area (Å²) in [5.74, 6) is 1.24. The molecule has 2 N–H and O–H groups in total. The highest BCUT2D eigenvalue weighted by Gasteiger charge is 2.27. The van der Waals surface area contributed by atoms with Crippen LogP contribution in [-0.4, -0.2) is 22.4 Å². The van der Waals surface area contributed by atoms with Gasteiger partial charge in [-0.3, -0.25) is 5.32 Å². The maximum absolute atomic E-state index is 12.6. The Hall–Kier alpha value is -3.62. The van der Waals surface area contributed by atoms with Gasteiger partial charge in [-0.15, -0.1) is 0 Å². The minimum atomic E-state index is -0.739. The number of nitrogens with one attached hydrogen (secondary N) is 2.